The molecule has 3 nitrogen and oxygen atoms in total. The zero-order chi connectivity index (χ0) is 16.7. The maximum Gasteiger partial charge on any atom is 0.255 e. The standard InChI is InChI=1S/C19H16Cl2N2O/c20-14-2-5-17(21)16(10-14)19(24)23(15-3-4-15)11-12-1-6-18-13(9-12)7-8-22-18/h1-2,5-10,15,22H,3-4,11H2. The van der Waals surface area contributed by atoms with Crippen molar-refractivity contribution in [2.75, 3.05) is 0 Å². The fraction of sp³-hybridized carbons (Fsp3) is 0.211. The summed E-state index contributed by atoms with van der Waals surface area (Å²) in [7, 11) is 0. The summed E-state index contributed by atoms with van der Waals surface area (Å²) in [4.78, 5) is 18.1. The van der Waals surface area contributed by atoms with E-state index in [0.717, 1.165) is 29.3 Å². The molecule has 5 heteroatoms. The number of aromatic amines is 1. The number of amides is 1. The van der Waals surface area contributed by atoms with Crippen LogP contribution in [0.25, 0.3) is 10.9 Å². The number of fused-ring (bicyclic) bond motifs is 1. The Balaban J connectivity index is 1.64. The molecule has 24 heavy (non-hydrogen) atoms. The highest BCUT2D eigenvalue weighted by Gasteiger charge is 2.33. The number of nitrogens with zero attached hydrogens (tertiary/aromatic N) is 1. The van der Waals surface area contributed by atoms with Crippen molar-refractivity contribution in [1.82, 2.24) is 9.88 Å². The number of carbonyl (C=O) groups excluding carboxylic acids is 1. The van der Waals surface area contributed by atoms with E-state index in [-0.39, 0.29) is 11.9 Å². The molecule has 1 saturated carbocycles. The van der Waals surface area contributed by atoms with E-state index >= 15 is 0 Å². The summed E-state index contributed by atoms with van der Waals surface area (Å²) in [6, 6.07) is 13.6. The van der Waals surface area contributed by atoms with Crippen LogP contribution in [0.2, 0.25) is 10.0 Å². The van der Waals surface area contributed by atoms with Gasteiger partial charge in [-0.3, -0.25) is 4.79 Å². The van der Waals surface area contributed by atoms with Crippen molar-refractivity contribution in [3.63, 3.8) is 0 Å². The van der Waals surface area contributed by atoms with E-state index in [1.165, 1.54) is 0 Å². The van der Waals surface area contributed by atoms with Crippen LogP contribution in [0.1, 0.15) is 28.8 Å². The van der Waals surface area contributed by atoms with Gasteiger partial charge < -0.3 is 9.88 Å². The second-order valence-electron chi connectivity index (χ2n) is 6.19. The van der Waals surface area contributed by atoms with Crippen molar-refractivity contribution in [2.24, 2.45) is 0 Å². The maximum atomic E-state index is 13.0. The van der Waals surface area contributed by atoms with E-state index in [1.54, 1.807) is 18.2 Å². The fourth-order valence-corrected chi connectivity index (χ4v) is 3.34. The van der Waals surface area contributed by atoms with Crippen molar-refractivity contribution in [1.29, 1.82) is 0 Å². The van der Waals surface area contributed by atoms with Gasteiger partial charge in [-0.25, -0.2) is 0 Å². The molecule has 1 aliphatic carbocycles. The number of nitrogens with one attached hydrogen (secondary N) is 1. The number of hydrogen-bond acceptors (Lipinski definition) is 1. The van der Waals surface area contributed by atoms with Crippen molar-refractivity contribution in [2.45, 2.75) is 25.4 Å². The van der Waals surface area contributed by atoms with Crippen LogP contribution >= 0.6 is 23.2 Å². The molecule has 0 saturated heterocycles. The average Bonchev–Trinajstić information content (AvgIpc) is 3.31. The third kappa shape index (κ3) is 3.02. The lowest BCUT2D eigenvalue weighted by atomic mass is 10.1. The number of benzene rings is 2. The Hall–Kier alpha value is -1.97. The van der Waals surface area contributed by atoms with Crippen molar-refractivity contribution in [3.05, 3.63) is 69.8 Å². The predicted octanol–water partition coefficient (Wildman–Crippen LogP) is 5.28. The molecule has 4 rings (SSSR count). The van der Waals surface area contributed by atoms with E-state index in [0.29, 0.717) is 22.2 Å². The van der Waals surface area contributed by atoms with E-state index in [2.05, 4.69) is 17.1 Å². The molecular weight excluding hydrogens is 343 g/mol. The molecule has 0 radical (unpaired) electrons. The summed E-state index contributed by atoms with van der Waals surface area (Å²) in [6.07, 6.45) is 4.00. The first kappa shape index (κ1) is 15.6. The highest BCUT2D eigenvalue weighted by Crippen LogP contribution is 2.32. The normalized spacial score (nSPS) is 14.1. The minimum Gasteiger partial charge on any atom is -0.361 e. The summed E-state index contributed by atoms with van der Waals surface area (Å²) >= 11 is 12.3. The smallest absolute Gasteiger partial charge is 0.255 e. The third-order valence-corrected chi connectivity index (χ3v) is 4.94. The van der Waals surface area contributed by atoms with Crippen molar-refractivity contribution >= 4 is 40.0 Å². The minimum absolute atomic E-state index is 0.0563. The van der Waals surface area contributed by atoms with Gasteiger partial charge in [-0.1, -0.05) is 29.3 Å². The first-order valence-corrected chi connectivity index (χ1v) is 8.69. The molecule has 0 aliphatic heterocycles. The molecule has 122 valence electrons. The van der Waals surface area contributed by atoms with Gasteiger partial charge in [0.05, 0.1) is 10.6 Å². The lowest BCUT2D eigenvalue weighted by Crippen LogP contribution is -2.32. The highest BCUT2D eigenvalue weighted by atomic mass is 35.5. The highest BCUT2D eigenvalue weighted by molar-refractivity contribution is 6.35. The minimum atomic E-state index is -0.0563. The van der Waals surface area contributed by atoms with Gasteiger partial charge in [-0.15, -0.1) is 0 Å². The summed E-state index contributed by atoms with van der Waals surface area (Å²) in [5, 5.41) is 2.11. The molecule has 1 aliphatic rings. The van der Waals surface area contributed by atoms with Gasteiger partial charge in [0, 0.05) is 29.3 Å². The van der Waals surface area contributed by atoms with Crippen LogP contribution in [0, 0.1) is 0 Å². The topological polar surface area (TPSA) is 36.1 Å². The second kappa shape index (κ2) is 6.15. The number of H-pyrrole nitrogens is 1. The molecule has 0 bridgehead atoms. The largest absolute Gasteiger partial charge is 0.361 e. The Labute approximate surface area is 150 Å². The number of rotatable bonds is 4. The summed E-state index contributed by atoms with van der Waals surface area (Å²) in [5.74, 6) is -0.0563. The van der Waals surface area contributed by atoms with Crippen LogP contribution in [0.15, 0.2) is 48.7 Å². The monoisotopic (exact) mass is 358 g/mol. The van der Waals surface area contributed by atoms with Crippen molar-refractivity contribution < 1.29 is 4.79 Å². The zero-order valence-electron chi connectivity index (χ0n) is 12.9. The summed E-state index contributed by atoms with van der Waals surface area (Å²) in [6.45, 7) is 0.577. The molecule has 2 aromatic carbocycles. The van der Waals surface area contributed by atoms with Crippen LogP contribution in [0.3, 0.4) is 0 Å². The molecule has 1 amide bonds. The Morgan fingerprint density at radius 3 is 2.75 bits per heavy atom. The van der Waals surface area contributed by atoms with Crippen LogP contribution in [-0.4, -0.2) is 21.8 Å². The SMILES string of the molecule is O=C(c1cc(Cl)ccc1Cl)N(Cc1ccc2[nH]ccc2c1)C1CC1. The molecular formula is C19H16Cl2N2O. The molecule has 0 unspecified atom stereocenters. The van der Waals surface area contributed by atoms with Crippen LogP contribution in [-0.2, 0) is 6.54 Å². The number of aromatic nitrogens is 1. The Morgan fingerprint density at radius 2 is 1.96 bits per heavy atom. The van der Waals surface area contributed by atoms with Crippen LogP contribution in [0.4, 0.5) is 0 Å². The lowest BCUT2D eigenvalue weighted by Gasteiger charge is -2.23. The van der Waals surface area contributed by atoms with Gasteiger partial charge in [0.1, 0.15) is 0 Å². The Bertz CT molecular complexity index is 915. The van der Waals surface area contributed by atoms with Gasteiger partial charge in [-0.2, -0.15) is 0 Å². The molecule has 0 atom stereocenters. The van der Waals surface area contributed by atoms with E-state index < -0.39 is 0 Å². The van der Waals surface area contributed by atoms with Crippen molar-refractivity contribution in [3.8, 4) is 0 Å². The molecule has 0 spiro atoms. The van der Waals surface area contributed by atoms with Gasteiger partial charge in [0.15, 0.2) is 0 Å². The Kier molecular flexibility index (Phi) is 3.99. The predicted molar refractivity (Wildman–Crippen MR) is 97.7 cm³/mol. The fourth-order valence-electron chi connectivity index (χ4n) is 2.97. The lowest BCUT2D eigenvalue weighted by molar-refractivity contribution is 0.0730. The zero-order valence-corrected chi connectivity index (χ0v) is 14.4. The summed E-state index contributed by atoms with van der Waals surface area (Å²) in [5.41, 5.74) is 2.68. The van der Waals surface area contributed by atoms with Gasteiger partial charge in [0.25, 0.3) is 5.91 Å². The second-order valence-corrected chi connectivity index (χ2v) is 7.03. The van der Waals surface area contributed by atoms with Crippen LogP contribution in [0.5, 0.6) is 0 Å². The number of carbonyl (C=O) groups is 1. The molecule has 1 N–H and O–H groups in total. The maximum absolute atomic E-state index is 13.0. The molecule has 1 heterocycles. The van der Waals surface area contributed by atoms with E-state index in [9.17, 15) is 4.79 Å². The third-order valence-electron chi connectivity index (χ3n) is 4.38. The Morgan fingerprint density at radius 1 is 1.12 bits per heavy atom. The van der Waals surface area contributed by atoms with E-state index in [4.69, 9.17) is 23.2 Å². The number of halogens is 2. The molecule has 1 aromatic heterocycles. The summed E-state index contributed by atoms with van der Waals surface area (Å²) < 4.78 is 0. The molecule has 3 aromatic rings. The average molecular weight is 359 g/mol. The van der Waals surface area contributed by atoms with Gasteiger partial charge in [-0.05, 0) is 60.2 Å². The van der Waals surface area contributed by atoms with Gasteiger partial charge in [0.2, 0.25) is 0 Å². The van der Waals surface area contributed by atoms with Gasteiger partial charge >= 0.3 is 0 Å². The number of hydrogen-bond donors (Lipinski definition) is 1. The first-order valence-electron chi connectivity index (χ1n) is 7.94. The quantitative estimate of drug-likeness (QED) is 0.676. The first-order chi connectivity index (χ1) is 11.6. The van der Waals surface area contributed by atoms with Crippen LogP contribution < -0.4 is 0 Å². The molecule has 1 fully saturated rings. The van der Waals surface area contributed by atoms with E-state index in [1.807, 2.05) is 23.2 Å².